The largest absolute Gasteiger partial charge is 0.472 e. The lowest BCUT2D eigenvalue weighted by molar-refractivity contribution is -0.207. The first-order valence-corrected chi connectivity index (χ1v) is 15.1. The monoisotopic (exact) mass is 499 g/mol. The van der Waals surface area contributed by atoms with Gasteiger partial charge in [0.15, 0.2) is 0 Å². The van der Waals surface area contributed by atoms with Crippen LogP contribution in [0.1, 0.15) is 96.0 Å². The molecule has 8 atom stereocenters. The number of hydrogen-bond donors (Lipinski definition) is 1. The van der Waals surface area contributed by atoms with E-state index in [0.29, 0.717) is 29.3 Å². The maximum Gasteiger partial charge on any atom is 0.0937 e. The zero-order valence-corrected chi connectivity index (χ0v) is 22.8. The lowest BCUT2D eigenvalue weighted by atomic mass is 9.43. The fraction of sp³-hybridized carbons (Fsp3) is 0.871. The number of furan rings is 1. The first-order chi connectivity index (χ1) is 17.4. The van der Waals surface area contributed by atoms with Crippen LogP contribution in [0.4, 0.5) is 0 Å². The summed E-state index contributed by atoms with van der Waals surface area (Å²) < 4.78 is 17.7. The molecule has 1 saturated heterocycles. The summed E-state index contributed by atoms with van der Waals surface area (Å²) in [6.07, 6.45) is 17.3. The van der Waals surface area contributed by atoms with Crippen LogP contribution in [-0.2, 0) is 9.47 Å². The first-order valence-electron chi connectivity index (χ1n) is 15.1. The Morgan fingerprint density at radius 3 is 2.64 bits per heavy atom. The van der Waals surface area contributed by atoms with Gasteiger partial charge in [-0.05, 0) is 124 Å². The highest BCUT2D eigenvalue weighted by Gasteiger charge is 2.67. The van der Waals surface area contributed by atoms with Gasteiger partial charge in [-0.2, -0.15) is 0 Å². The number of rotatable bonds is 8. The van der Waals surface area contributed by atoms with E-state index in [1.807, 2.05) is 6.26 Å². The van der Waals surface area contributed by atoms with E-state index in [2.05, 4.69) is 24.8 Å². The molecule has 1 N–H and O–H groups in total. The van der Waals surface area contributed by atoms with Crippen molar-refractivity contribution in [3.05, 3.63) is 24.2 Å². The van der Waals surface area contributed by atoms with E-state index in [0.717, 1.165) is 58.0 Å². The predicted molar refractivity (Wildman–Crippen MR) is 141 cm³/mol. The highest BCUT2D eigenvalue weighted by Crippen LogP contribution is 2.70. The summed E-state index contributed by atoms with van der Waals surface area (Å²) in [7, 11) is 0. The summed E-state index contributed by atoms with van der Waals surface area (Å²) in [5, 5.41) is 12.4. The molecule has 36 heavy (non-hydrogen) atoms. The minimum Gasteiger partial charge on any atom is -0.472 e. The van der Waals surface area contributed by atoms with E-state index in [-0.39, 0.29) is 5.41 Å². The van der Waals surface area contributed by atoms with Gasteiger partial charge >= 0.3 is 0 Å². The average molecular weight is 500 g/mol. The number of ether oxygens (including phenoxy) is 2. The van der Waals surface area contributed by atoms with E-state index < -0.39 is 5.60 Å². The highest BCUT2D eigenvalue weighted by molar-refractivity contribution is 5.26. The van der Waals surface area contributed by atoms with Crippen molar-refractivity contribution < 1.29 is 19.0 Å². The van der Waals surface area contributed by atoms with Crippen molar-refractivity contribution in [1.29, 1.82) is 0 Å². The molecule has 3 unspecified atom stereocenters. The fourth-order valence-corrected chi connectivity index (χ4v) is 9.92. The molecule has 6 rings (SSSR count). The second-order valence-electron chi connectivity index (χ2n) is 13.4. The normalized spacial score (nSPS) is 44.8. The second kappa shape index (κ2) is 10.0. The molecule has 5 heteroatoms. The molecule has 1 aromatic heterocycles. The topological polar surface area (TPSA) is 55.1 Å². The Kier molecular flexibility index (Phi) is 7.07. The zero-order chi connectivity index (χ0) is 24.8. The van der Waals surface area contributed by atoms with Crippen LogP contribution in [0.5, 0.6) is 0 Å². The molecule has 2 heterocycles. The summed E-state index contributed by atoms with van der Waals surface area (Å²) in [4.78, 5) is 2.51. The first kappa shape index (κ1) is 25.4. The molecule has 1 aliphatic heterocycles. The van der Waals surface area contributed by atoms with Crippen LogP contribution in [0.25, 0.3) is 0 Å². The lowest BCUT2D eigenvalue weighted by Crippen LogP contribution is -2.62. The van der Waals surface area contributed by atoms with Gasteiger partial charge in [0.2, 0.25) is 0 Å². The summed E-state index contributed by atoms with van der Waals surface area (Å²) in [6.45, 7) is 10.8. The van der Waals surface area contributed by atoms with Crippen LogP contribution in [0.15, 0.2) is 23.0 Å². The third-order valence-electron chi connectivity index (χ3n) is 12.1. The van der Waals surface area contributed by atoms with Gasteiger partial charge in [-0.25, -0.2) is 0 Å². The quantitative estimate of drug-likeness (QED) is 0.443. The Morgan fingerprint density at radius 2 is 1.83 bits per heavy atom. The predicted octanol–water partition coefficient (Wildman–Crippen LogP) is 6.02. The van der Waals surface area contributed by atoms with E-state index in [4.69, 9.17) is 13.9 Å². The van der Waals surface area contributed by atoms with E-state index in [1.54, 1.807) is 6.26 Å². The molecular weight excluding hydrogens is 450 g/mol. The van der Waals surface area contributed by atoms with Crippen molar-refractivity contribution in [2.45, 2.75) is 102 Å². The van der Waals surface area contributed by atoms with Gasteiger partial charge in [-0.15, -0.1) is 0 Å². The van der Waals surface area contributed by atoms with Gasteiger partial charge in [-0.3, -0.25) is 0 Å². The smallest absolute Gasteiger partial charge is 0.0937 e. The molecular formula is C31H49NO4. The number of hydrogen-bond acceptors (Lipinski definition) is 5. The maximum atomic E-state index is 12.4. The van der Waals surface area contributed by atoms with Crippen LogP contribution in [0, 0.1) is 28.6 Å². The summed E-state index contributed by atoms with van der Waals surface area (Å²) >= 11 is 0. The summed E-state index contributed by atoms with van der Waals surface area (Å²) in [5.41, 5.74) is 1.08. The summed E-state index contributed by atoms with van der Waals surface area (Å²) in [5.74, 6) is 2.24. The van der Waals surface area contributed by atoms with E-state index >= 15 is 0 Å². The van der Waals surface area contributed by atoms with Gasteiger partial charge in [0, 0.05) is 12.0 Å². The molecule has 202 valence electrons. The van der Waals surface area contributed by atoms with Crippen LogP contribution >= 0.6 is 0 Å². The van der Waals surface area contributed by atoms with Crippen molar-refractivity contribution in [2.75, 3.05) is 39.5 Å². The fourth-order valence-electron chi connectivity index (χ4n) is 9.92. The molecule has 5 nitrogen and oxygen atoms in total. The van der Waals surface area contributed by atoms with Gasteiger partial charge in [-0.1, -0.05) is 13.8 Å². The van der Waals surface area contributed by atoms with E-state index in [1.165, 1.54) is 63.6 Å². The molecule has 0 aromatic carbocycles. The average Bonchev–Trinajstić information content (AvgIpc) is 3.62. The van der Waals surface area contributed by atoms with Crippen molar-refractivity contribution in [3.8, 4) is 0 Å². The van der Waals surface area contributed by atoms with Crippen LogP contribution < -0.4 is 0 Å². The SMILES string of the molecule is C[C@]12CCC(OCCOCCN3CCCC3)CC1CC[C@@H]1[C@H]2CC[C@]2(C)C(c3ccoc3)CC[C@@]12O. The Bertz CT molecular complexity index is 868. The second-order valence-corrected chi connectivity index (χ2v) is 13.4. The van der Waals surface area contributed by atoms with Crippen molar-refractivity contribution in [2.24, 2.45) is 28.6 Å². The number of nitrogens with zero attached hydrogens (tertiary/aromatic N) is 1. The van der Waals surface area contributed by atoms with Crippen LogP contribution in [-0.4, -0.2) is 61.2 Å². The standard InChI is InChI=1S/C31H49NO4/c1-29-11-7-25(36-20-19-34-18-16-32-14-3-4-15-32)21-24(29)5-6-28-27(29)8-12-30(2)26(9-13-31(28,30)33)23-10-17-35-22-23/h10,17,22,24-28,33H,3-9,11-16,18-21H2,1-2H3/t24?,25?,26?,27-,28-,29+,30-,31-/m1/s1. The molecule has 0 radical (unpaired) electrons. The molecule has 1 aromatic rings. The van der Waals surface area contributed by atoms with Crippen LogP contribution in [0.3, 0.4) is 0 Å². The molecule has 0 amide bonds. The molecule has 4 saturated carbocycles. The van der Waals surface area contributed by atoms with Gasteiger partial charge < -0.3 is 23.9 Å². The minimum atomic E-state index is -0.536. The Morgan fingerprint density at radius 1 is 0.972 bits per heavy atom. The molecule has 5 fully saturated rings. The van der Waals surface area contributed by atoms with E-state index in [9.17, 15) is 5.11 Å². The third-order valence-corrected chi connectivity index (χ3v) is 12.1. The highest BCUT2D eigenvalue weighted by atomic mass is 16.5. The van der Waals surface area contributed by atoms with Crippen molar-refractivity contribution in [3.63, 3.8) is 0 Å². The third kappa shape index (κ3) is 4.21. The van der Waals surface area contributed by atoms with Crippen molar-refractivity contribution in [1.82, 2.24) is 4.90 Å². The molecule has 5 aliphatic rings. The Labute approximate surface area is 218 Å². The number of fused-ring (bicyclic) bond motifs is 5. The van der Waals surface area contributed by atoms with Crippen molar-refractivity contribution >= 4 is 0 Å². The summed E-state index contributed by atoms with van der Waals surface area (Å²) in [6, 6.07) is 2.13. The van der Waals surface area contributed by atoms with Gasteiger partial charge in [0.05, 0.1) is 44.1 Å². The van der Waals surface area contributed by atoms with Gasteiger partial charge in [0.25, 0.3) is 0 Å². The maximum absolute atomic E-state index is 12.4. The van der Waals surface area contributed by atoms with Gasteiger partial charge in [0.1, 0.15) is 0 Å². The van der Waals surface area contributed by atoms with Crippen LogP contribution in [0.2, 0.25) is 0 Å². The Hall–Kier alpha value is -0.880. The Balaban J connectivity index is 1.03. The lowest BCUT2D eigenvalue weighted by Gasteiger charge is -2.63. The number of aliphatic hydroxyl groups is 1. The molecule has 4 aliphatic carbocycles. The molecule has 0 bridgehead atoms. The molecule has 0 spiro atoms. The minimum absolute atomic E-state index is 0.0314. The number of likely N-dealkylation sites (tertiary alicyclic amines) is 1. The zero-order valence-electron chi connectivity index (χ0n) is 22.8.